The van der Waals surface area contributed by atoms with Crippen LogP contribution in [0.15, 0.2) is 66.7 Å². The first kappa shape index (κ1) is 12.5. The maximum atomic E-state index is 8.71. The van der Waals surface area contributed by atoms with Gasteiger partial charge in [-0.05, 0) is 23.8 Å². The van der Waals surface area contributed by atoms with E-state index in [2.05, 4.69) is 17.0 Å². The van der Waals surface area contributed by atoms with Gasteiger partial charge in [-0.3, -0.25) is 0 Å². The zero-order chi connectivity index (χ0) is 12.6. The molecule has 0 bridgehead atoms. The highest BCUT2D eigenvalue weighted by Crippen LogP contribution is 2.11. The van der Waals surface area contributed by atoms with Crippen LogP contribution in [-0.4, -0.2) is 23.2 Å². The van der Waals surface area contributed by atoms with E-state index >= 15 is 0 Å². The molecule has 1 aliphatic rings. The maximum Gasteiger partial charge on any atom is 0.120 e. The molecule has 0 fully saturated rings. The van der Waals surface area contributed by atoms with E-state index in [0.29, 0.717) is 6.61 Å². The van der Waals surface area contributed by atoms with Crippen LogP contribution in [-0.2, 0) is 11.3 Å². The second kappa shape index (κ2) is 6.67. The van der Waals surface area contributed by atoms with E-state index in [4.69, 9.17) is 9.84 Å². The molecule has 1 N–H and O–H groups in total. The molecule has 3 nitrogen and oxygen atoms in total. The Morgan fingerprint density at radius 2 is 1.94 bits per heavy atom. The number of rotatable bonds is 5. The molecule has 0 saturated carbocycles. The van der Waals surface area contributed by atoms with Crippen LogP contribution in [0.25, 0.3) is 0 Å². The summed E-state index contributed by atoms with van der Waals surface area (Å²) in [5, 5.41) is 8.71. The summed E-state index contributed by atoms with van der Waals surface area (Å²) in [4.78, 5) is 2.08. The summed E-state index contributed by atoms with van der Waals surface area (Å²) in [6, 6.07) is 10.3. The largest absolute Gasteiger partial charge is 0.491 e. The van der Waals surface area contributed by atoms with Gasteiger partial charge in [-0.2, -0.15) is 0 Å². The maximum absolute atomic E-state index is 8.71. The normalized spacial score (nSPS) is 14.3. The van der Waals surface area contributed by atoms with Crippen molar-refractivity contribution >= 4 is 0 Å². The smallest absolute Gasteiger partial charge is 0.120 e. The van der Waals surface area contributed by atoms with Crippen molar-refractivity contribution in [2.24, 2.45) is 0 Å². The first-order chi connectivity index (χ1) is 8.88. The van der Waals surface area contributed by atoms with Gasteiger partial charge in [0, 0.05) is 18.9 Å². The third kappa shape index (κ3) is 3.79. The van der Waals surface area contributed by atoms with E-state index in [-0.39, 0.29) is 6.61 Å². The molecule has 1 aliphatic heterocycles. The standard InChI is InChI=1S/C15H17NO2/c17-11-12-18-15-7-4-9-16(10-8-15)13-14-5-2-1-3-6-14/h1-10,17H,11-13H2. The van der Waals surface area contributed by atoms with Gasteiger partial charge in [-0.1, -0.05) is 30.3 Å². The molecule has 3 heteroatoms. The Hall–Kier alpha value is -2.00. The second-order valence-electron chi connectivity index (χ2n) is 3.96. The molecule has 0 amide bonds. The molecule has 0 aliphatic carbocycles. The molecule has 18 heavy (non-hydrogen) atoms. The van der Waals surface area contributed by atoms with E-state index < -0.39 is 0 Å². The van der Waals surface area contributed by atoms with Crippen molar-refractivity contribution in [3.63, 3.8) is 0 Å². The summed E-state index contributed by atoms with van der Waals surface area (Å²) in [6.45, 7) is 1.18. The first-order valence-electron chi connectivity index (χ1n) is 5.98. The molecule has 0 unspecified atom stereocenters. The highest BCUT2D eigenvalue weighted by atomic mass is 16.5. The van der Waals surface area contributed by atoms with Crippen LogP contribution in [0.3, 0.4) is 0 Å². The first-order valence-corrected chi connectivity index (χ1v) is 5.98. The third-order valence-corrected chi connectivity index (χ3v) is 2.54. The molecule has 0 atom stereocenters. The topological polar surface area (TPSA) is 32.7 Å². The minimum atomic E-state index is 0.0304. The molecule has 0 aromatic heterocycles. The minimum absolute atomic E-state index is 0.0304. The van der Waals surface area contributed by atoms with Gasteiger partial charge in [-0.15, -0.1) is 0 Å². The number of aliphatic hydroxyl groups excluding tert-OH is 1. The molecular weight excluding hydrogens is 226 g/mol. The molecule has 1 aromatic rings. The average molecular weight is 243 g/mol. The number of ether oxygens (including phenoxy) is 1. The summed E-state index contributed by atoms with van der Waals surface area (Å²) in [5.74, 6) is 0.760. The van der Waals surface area contributed by atoms with Gasteiger partial charge < -0.3 is 14.7 Å². The minimum Gasteiger partial charge on any atom is -0.491 e. The van der Waals surface area contributed by atoms with Crippen molar-refractivity contribution in [2.45, 2.75) is 6.54 Å². The van der Waals surface area contributed by atoms with Gasteiger partial charge in [0.2, 0.25) is 0 Å². The van der Waals surface area contributed by atoms with E-state index in [9.17, 15) is 0 Å². The number of benzene rings is 1. The van der Waals surface area contributed by atoms with E-state index in [1.54, 1.807) is 0 Å². The lowest BCUT2D eigenvalue weighted by Gasteiger charge is -2.14. The molecular formula is C15H17NO2. The predicted molar refractivity (Wildman–Crippen MR) is 71.4 cm³/mol. The second-order valence-corrected chi connectivity index (χ2v) is 3.96. The van der Waals surface area contributed by atoms with Crippen LogP contribution in [0.5, 0.6) is 0 Å². The molecule has 0 spiro atoms. The molecule has 0 radical (unpaired) electrons. The van der Waals surface area contributed by atoms with Crippen molar-refractivity contribution in [3.8, 4) is 0 Å². The van der Waals surface area contributed by atoms with Crippen LogP contribution < -0.4 is 0 Å². The van der Waals surface area contributed by atoms with Crippen molar-refractivity contribution in [3.05, 3.63) is 72.3 Å². The summed E-state index contributed by atoms with van der Waals surface area (Å²) in [5.41, 5.74) is 1.26. The van der Waals surface area contributed by atoms with Crippen molar-refractivity contribution < 1.29 is 9.84 Å². The van der Waals surface area contributed by atoms with Gasteiger partial charge in [-0.25, -0.2) is 0 Å². The van der Waals surface area contributed by atoms with Gasteiger partial charge in [0.25, 0.3) is 0 Å². The Kier molecular flexibility index (Phi) is 4.61. The van der Waals surface area contributed by atoms with Gasteiger partial charge in [0.1, 0.15) is 12.4 Å². The average Bonchev–Trinajstić information content (AvgIpc) is 2.63. The van der Waals surface area contributed by atoms with Crippen molar-refractivity contribution in [1.82, 2.24) is 4.90 Å². The van der Waals surface area contributed by atoms with Crippen LogP contribution in [0.1, 0.15) is 5.56 Å². The summed E-state index contributed by atoms with van der Waals surface area (Å²) < 4.78 is 5.36. The van der Waals surface area contributed by atoms with E-state index in [0.717, 1.165) is 12.3 Å². The Labute approximate surface area is 107 Å². The summed E-state index contributed by atoms with van der Waals surface area (Å²) in [6.07, 6.45) is 9.70. The lowest BCUT2D eigenvalue weighted by molar-refractivity contribution is 0.152. The zero-order valence-corrected chi connectivity index (χ0v) is 10.2. The SMILES string of the molecule is OCCOC1=CC=CN(Cc2ccccc2)C=C1. The number of aliphatic hydroxyl groups is 1. The fourth-order valence-corrected chi connectivity index (χ4v) is 1.68. The molecule has 1 heterocycles. The van der Waals surface area contributed by atoms with Crippen LogP contribution in [0.4, 0.5) is 0 Å². The molecule has 0 saturated heterocycles. The molecule has 94 valence electrons. The number of nitrogens with zero attached hydrogens (tertiary/aromatic N) is 1. The Balaban J connectivity index is 1.94. The highest BCUT2D eigenvalue weighted by molar-refractivity contribution is 5.23. The number of allylic oxidation sites excluding steroid dienone is 3. The number of hydrogen-bond donors (Lipinski definition) is 1. The van der Waals surface area contributed by atoms with Crippen molar-refractivity contribution in [1.29, 1.82) is 0 Å². The van der Waals surface area contributed by atoms with E-state index in [1.165, 1.54) is 5.56 Å². The van der Waals surface area contributed by atoms with Crippen molar-refractivity contribution in [2.75, 3.05) is 13.2 Å². The Bertz CT molecular complexity index is 449. The molecule has 2 rings (SSSR count). The lowest BCUT2D eigenvalue weighted by Crippen LogP contribution is -2.08. The van der Waals surface area contributed by atoms with Crippen LogP contribution in [0.2, 0.25) is 0 Å². The van der Waals surface area contributed by atoms with Crippen LogP contribution >= 0.6 is 0 Å². The monoisotopic (exact) mass is 243 g/mol. The fraction of sp³-hybridized carbons (Fsp3) is 0.200. The fourth-order valence-electron chi connectivity index (χ4n) is 1.68. The quantitative estimate of drug-likeness (QED) is 0.862. The summed E-state index contributed by atoms with van der Waals surface area (Å²) >= 11 is 0. The predicted octanol–water partition coefficient (Wildman–Crippen LogP) is 2.42. The Morgan fingerprint density at radius 1 is 1.11 bits per heavy atom. The van der Waals surface area contributed by atoms with Gasteiger partial charge in [0.05, 0.1) is 6.61 Å². The van der Waals surface area contributed by atoms with E-state index in [1.807, 2.05) is 48.8 Å². The number of hydrogen-bond acceptors (Lipinski definition) is 3. The molecule has 1 aromatic carbocycles. The zero-order valence-electron chi connectivity index (χ0n) is 10.2. The lowest BCUT2D eigenvalue weighted by atomic mass is 10.2. The highest BCUT2D eigenvalue weighted by Gasteiger charge is 2.01. The van der Waals surface area contributed by atoms with Crippen LogP contribution in [0, 0.1) is 0 Å². The van der Waals surface area contributed by atoms with Gasteiger partial charge >= 0.3 is 0 Å². The Morgan fingerprint density at radius 3 is 2.72 bits per heavy atom. The third-order valence-electron chi connectivity index (χ3n) is 2.54. The van der Waals surface area contributed by atoms with Gasteiger partial charge in [0.15, 0.2) is 0 Å². The summed E-state index contributed by atoms with van der Waals surface area (Å²) in [7, 11) is 0.